The molecule has 0 aliphatic heterocycles. The zero-order valence-corrected chi connectivity index (χ0v) is 21.7. The number of carbonyl (C=O) groups is 1. The number of furan rings is 1. The average molecular weight is 500 g/mol. The first-order valence-electron chi connectivity index (χ1n) is 11.4. The van der Waals surface area contributed by atoms with Gasteiger partial charge in [0.1, 0.15) is 29.0 Å². The topological polar surface area (TPSA) is 72.1 Å². The van der Waals surface area contributed by atoms with Crippen LogP contribution in [-0.2, 0) is 10.9 Å². The van der Waals surface area contributed by atoms with E-state index < -0.39 is 35.0 Å². The van der Waals surface area contributed by atoms with Crippen LogP contribution in [0.15, 0.2) is 28.7 Å². The van der Waals surface area contributed by atoms with Crippen LogP contribution in [0.3, 0.4) is 0 Å². The molecule has 1 atom stereocenters. The van der Waals surface area contributed by atoms with Crippen LogP contribution in [0.5, 0.6) is 5.75 Å². The highest BCUT2D eigenvalue weighted by molar-refractivity contribution is 5.70. The van der Waals surface area contributed by atoms with Crippen molar-refractivity contribution in [3.05, 3.63) is 41.2 Å². The number of amides is 1. The number of methoxy groups -OCH3 is 1. The Labute approximate surface area is 205 Å². The monoisotopic (exact) mass is 499 g/mol. The maximum Gasteiger partial charge on any atom is 0.416 e. The number of carbonyl (C=O) groups excluding carboxylic acids is 1. The third-order valence-corrected chi connectivity index (χ3v) is 5.74. The zero-order chi connectivity index (χ0) is 26.8. The Hall–Kier alpha value is -2.68. The molecule has 0 unspecified atom stereocenters. The first-order valence-corrected chi connectivity index (χ1v) is 11.4. The highest BCUT2D eigenvalue weighted by Crippen LogP contribution is 2.43. The van der Waals surface area contributed by atoms with E-state index in [1.807, 2.05) is 13.8 Å². The van der Waals surface area contributed by atoms with Crippen molar-refractivity contribution < 1.29 is 37.0 Å². The summed E-state index contributed by atoms with van der Waals surface area (Å²) in [7, 11) is 2.96. The van der Waals surface area contributed by atoms with Gasteiger partial charge in [-0.15, -0.1) is 0 Å². The van der Waals surface area contributed by atoms with E-state index in [2.05, 4.69) is 0 Å². The SMILES string of the molecule is COc1cc(C(F)(F)F)ccc1-c1oc([C@H](O)C(C)(C)CCCN(C)C(=O)OC(C)(C)C)cc1C. The molecule has 0 saturated heterocycles. The molecular formula is C26H36F3NO5. The molecule has 1 aromatic heterocycles. The average Bonchev–Trinajstić information content (AvgIpc) is 3.11. The van der Waals surface area contributed by atoms with E-state index in [0.29, 0.717) is 42.0 Å². The summed E-state index contributed by atoms with van der Waals surface area (Å²) >= 11 is 0. The summed E-state index contributed by atoms with van der Waals surface area (Å²) in [6.07, 6.45) is -4.67. The number of benzene rings is 1. The summed E-state index contributed by atoms with van der Waals surface area (Å²) in [6, 6.07) is 4.90. The fourth-order valence-corrected chi connectivity index (χ4v) is 3.69. The zero-order valence-electron chi connectivity index (χ0n) is 21.7. The first kappa shape index (κ1) is 28.6. The second-order valence-electron chi connectivity index (χ2n) is 10.5. The molecule has 0 aliphatic carbocycles. The Morgan fingerprint density at radius 1 is 1.14 bits per heavy atom. The molecule has 1 aromatic carbocycles. The minimum Gasteiger partial charge on any atom is -0.496 e. The van der Waals surface area contributed by atoms with Gasteiger partial charge in [-0.05, 0) is 75.8 Å². The number of hydrogen-bond acceptors (Lipinski definition) is 5. The third-order valence-electron chi connectivity index (χ3n) is 5.74. The molecule has 9 heteroatoms. The Bertz CT molecular complexity index is 1020. The van der Waals surface area contributed by atoms with Gasteiger partial charge in [-0.25, -0.2) is 4.79 Å². The molecule has 6 nitrogen and oxygen atoms in total. The molecule has 1 amide bonds. The van der Waals surface area contributed by atoms with Crippen molar-refractivity contribution in [3.8, 4) is 17.1 Å². The number of aliphatic hydroxyl groups is 1. The highest BCUT2D eigenvalue weighted by atomic mass is 19.4. The number of nitrogens with zero attached hydrogens (tertiary/aromatic N) is 1. The van der Waals surface area contributed by atoms with Crippen molar-refractivity contribution in [1.82, 2.24) is 4.90 Å². The Morgan fingerprint density at radius 3 is 2.31 bits per heavy atom. The quantitative estimate of drug-likeness (QED) is 0.424. The molecular weight excluding hydrogens is 463 g/mol. The summed E-state index contributed by atoms with van der Waals surface area (Å²) in [4.78, 5) is 13.6. The van der Waals surface area contributed by atoms with Crippen molar-refractivity contribution in [2.24, 2.45) is 5.41 Å². The van der Waals surface area contributed by atoms with Crippen LogP contribution in [0.4, 0.5) is 18.0 Å². The lowest BCUT2D eigenvalue weighted by atomic mass is 9.81. The molecule has 2 rings (SSSR count). The lowest BCUT2D eigenvalue weighted by Gasteiger charge is -2.30. The fraction of sp³-hybridized carbons (Fsp3) is 0.577. The molecule has 0 radical (unpaired) electrons. The van der Waals surface area contributed by atoms with Gasteiger partial charge in [-0.1, -0.05) is 13.8 Å². The van der Waals surface area contributed by atoms with Gasteiger partial charge in [0.05, 0.1) is 18.2 Å². The molecule has 0 saturated carbocycles. The number of hydrogen-bond donors (Lipinski definition) is 1. The minimum atomic E-state index is -4.49. The molecule has 196 valence electrons. The predicted octanol–water partition coefficient (Wildman–Crippen LogP) is 6.99. The van der Waals surface area contributed by atoms with Gasteiger partial charge in [0.15, 0.2) is 0 Å². The fourth-order valence-electron chi connectivity index (χ4n) is 3.69. The number of ether oxygens (including phenoxy) is 2. The van der Waals surface area contributed by atoms with Gasteiger partial charge in [-0.2, -0.15) is 13.2 Å². The molecule has 35 heavy (non-hydrogen) atoms. The molecule has 2 aromatic rings. The molecule has 0 spiro atoms. The molecule has 1 heterocycles. The van der Waals surface area contributed by atoms with E-state index in [9.17, 15) is 23.1 Å². The lowest BCUT2D eigenvalue weighted by molar-refractivity contribution is -0.137. The van der Waals surface area contributed by atoms with E-state index in [0.717, 1.165) is 12.1 Å². The van der Waals surface area contributed by atoms with E-state index >= 15 is 0 Å². The van der Waals surface area contributed by atoms with E-state index in [1.54, 1.807) is 40.8 Å². The number of aliphatic hydroxyl groups excluding tert-OH is 1. The molecule has 0 bridgehead atoms. The van der Waals surface area contributed by atoms with Crippen LogP contribution in [-0.4, -0.2) is 42.4 Å². The third kappa shape index (κ3) is 7.40. The summed E-state index contributed by atoms with van der Waals surface area (Å²) in [5, 5.41) is 11.1. The number of rotatable bonds is 8. The van der Waals surface area contributed by atoms with Gasteiger partial charge in [0.2, 0.25) is 0 Å². The van der Waals surface area contributed by atoms with Crippen molar-refractivity contribution in [3.63, 3.8) is 0 Å². The maximum atomic E-state index is 13.1. The summed E-state index contributed by atoms with van der Waals surface area (Å²) in [5.41, 5.74) is -0.961. The molecule has 0 aliphatic rings. The van der Waals surface area contributed by atoms with Crippen LogP contribution in [0.25, 0.3) is 11.3 Å². The Balaban J connectivity index is 2.15. The Kier molecular flexibility index (Phi) is 8.58. The number of alkyl halides is 3. The van der Waals surface area contributed by atoms with Crippen LogP contribution in [0.2, 0.25) is 0 Å². The smallest absolute Gasteiger partial charge is 0.416 e. The van der Waals surface area contributed by atoms with Crippen molar-refractivity contribution in [1.29, 1.82) is 0 Å². The lowest BCUT2D eigenvalue weighted by Crippen LogP contribution is -2.35. The molecule has 0 fully saturated rings. The van der Waals surface area contributed by atoms with Crippen molar-refractivity contribution >= 4 is 6.09 Å². The minimum absolute atomic E-state index is 0.0303. The van der Waals surface area contributed by atoms with Gasteiger partial charge in [-0.3, -0.25) is 0 Å². The second kappa shape index (κ2) is 10.5. The molecule has 1 N–H and O–H groups in total. The largest absolute Gasteiger partial charge is 0.496 e. The summed E-state index contributed by atoms with van der Waals surface area (Å²) < 4.78 is 55.7. The summed E-state index contributed by atoms with van der Waals surface area (Å²) in [5.74, 6) is 0.679. The van der Waals surface area contributed by atoms with Crippen LogP contribution < -0.4 is 4.74 Å². The van der Waals surface area contributed by atoms with Crippen LogP contribution >= 0.6 is 0 Å². The Morgan fingerprint density at radius 2 is 1.77 bits per heavy atom. The number of aryl methyl sites for hydroxylation is 1. The van der Waals surface area contributed by atoms with E-state index in [1.165, 1.54) is 18.1 Å². The van der Waals surface area contributed by atoms with Gasteiger partial charge in [0, 0.05) is 13.6 Å². The van der Waals surface area contributed by atoms with Crippen LogP contribution in [0, 0.1) is 12.3 Å². The van der Waals surface area contributed by atoms with Crippen molar-refractivity contribution in [2.75, 3.05) is 20.7 Å². The summed E-state index contributed by atoms with van der Waals surface area (Å²) in [6.45, 7) is 11.4. The highest BCUT2D eigenvalue weighted by Gasteiger charge is 2.34. The predicted molar refractivity (Wildman–Crippen MR) is 127 cm³/mol. The standard InChI is InChI=1S/C26H36F3NO5/c1-16-14-20(34-21(16)18-11-10-17(26(27,28)29)15-19(18)33-8)22(31)25(5,6)12-9-13-30(7)23(32)35-24(2,3)4/h10-11,14-15,22,31H,9,12-13H2,1-8H3/t22-/m0/s1. The van der Waals surface area contributed by atoms with Crippen molar-refractivity contribution in [2.45, 2.75) is 72.3 Å². The van der Waals surface area contributed by atoms with Crippen LogP contribution in [0.1, 0.15) is 70.5 Å². The number of halogens is 3. The maximum absolute atomic E-state index is 13.1. The van der Waals surface area contributed by atoms with Gasteiger partial charge < -0.3 is 23.9 Å². The van der Waals surface area contributed by atoms with Gasteiger partial charge >= 0.3 is 12.3 Å². The van der Waals surface area contributed by atoms with E-state index in [4.69, 9.17) is 13.9 Å². The van der Waals surface area contributed by atoms with Gasteiger partial charge in [0.25, 0.3) is 0 Å². The van der Waals surface area contributed by atoms with E-state index in [-0.39, 0.29) is 5.75 Å². The second-order valence-corrected chi connectivity index (χ2v) is 10.5. The first-order chi connectivity index (χ1) is 16.0. The normalized spacial score (nSPS) is 13.5.